The van der Waals surface area contributed by atoms with Crippen LogP contribution in [0, 0.1) is 0 Å². The Labute approximate surface area is 160 Å². The highest BCUT2D eigenvalue weighted by molar-refractivity contribution is 8.00. The fourth-order valence-electron chi connectivity index (χ4n) is 2.80. The molecule has 2 aromatic heterocycles. The number of pyridine rings is 1. The lowest BCUT2D eigenvalue weighted by atomic mass is 10.1. The number of nitrogens with zero attached hydrogens (tertiary/aromatic N) is 4. The minimum absolute atomic E-state index is 0.0237. The number of morpholine rings is 1. The van der Waals surface area contributed by atoms with Crippen molar-refractivity contribution in [1.82, 2.24) is 20.1 Å². The summed E-state index contributed by atoms with van der Waals surface area (Å²) in [5, 5.41) is 8.09. The molecule has 8 heteroatoms. The van der Waals surface area contributed by atoms with Crippen molar-refractivity contribution < 1.29 is 13.9 Å². The van der Waals surface area contributed by atoms with E-state index in [1.807, 2.05) is 41.3 Å². The predicted molar refractivity (Wildman–Crippen MR) is 100.0 cm³/mol. The maximum Gasteiger partial charge on any atom is 0.277 e. The second-order valence-electron chi connectivity index (χ2n) is 5.96. The Morgan fingerprint density at radius 1 is 1.07 bits per heavy atom. The number of hydrogen-bond donors (Lipinski definition) is 0. The van der Waals surface area contributed by atoms with Crippen LogP contribution in [0.3, 0.4) is 0 Å². The zero-order chi connectivity index (χ0) is 18.5. The first-order valence-corrected chi connectivity index (χ1v) is 9.51. The molecule has 0 radical (unpaired) electrons. The number of carbonyl (C=O) groups excluding carboxylic acids is 1. The van der Waals surface area contributed by atoms with E-state index in [1.54, 1.807) is 18.5 Å². The number of benzene rings is 1. The monoisotopic (exact) mass is 382 g/mol. The summed E-state index contributed by atoms with van der Waals surface area (Å²) >= 11 is 1.27. The van der Waals surface area contributed by atoms with Crippen LogP contribution in [0.2, 0.25) is 0 Å². The predicted octanol–water partition coefficient (Wildman–Crippen LogP) is 2.82. The van der Waals surface area contributed by atoms with Crippen molar-refractivity contribution in [2.45, 2.75) is 10.5 Å². The highest BCUT2D eigenvalue weighted by Crippen LogP contribution is 2.37. The van der Waals surface area contributed by atoms with Gasteiger partial charge in [0, 0.05) is 25.5 Å². The maximum absolute atomic E-state index is 13.1. The molecule has 0 saturated carbocycles. The van der Waals surface area contributed by atoms with E-state index in [9.17, 15) is 4.79 Å². The van der Waals surface area contributed by atoms with Crippen molar-refractivity contribution >= 4 is 17.7 Å². The van der Waals surface area contributed by atoms with Crippen LogP contribution in [-0.2, 0) is 9.53 Å². The summed E-state index contributed by atoms with van der Waals surface area (Å²) < 4.78 is 11.1. The highest BCUT2D eigenvalue weighted by atomic mass is 32.2. The van der Waals surface area contributed by atoms with Crippen molar-refractivity contribution in [3.8, 4) is 11.5 Å². The molecule has 0 spiro atoms. The Balaban J connectivity index is 1.58. The number of aromatic nitrogens is 3. The minimum Gasteiger partial charge on any atom is -0.411 e. The maximum atomic E-state index is 13.1. The number of carbonyl (C=O) groups is 1. The van der Waals surface area contributed by atoms with Gasteiger partial charge in [0.15, 0.2) is 0 Å². The number of thioether (sulfide) groups is 1. The lowest BCUT2D eigenvalue weighted by molar-refractivity contribution is -0.134. The standard InChI is InChI=1S/C19H18N4O3S/c24-18(23-9-11-25-12-10-23)16(14-5-2-1-3-6-14)27-19-22-21-17(26-19)15-7-4-8-20-13-15/h1-8,13,16H,9-12H2/t16-/m0/s1. The summed E-state index contributed by atoms with van der Waals surface area (Å²) in [6, 6.07) is 13.3. The Hall–Kier alpha value is -2.71. The molecule has 0 N–H and O–H groups in total. The van der Waals surface area contributed by atoms with Gasteiger partial charge in [0.25, 0.3) is 5.22 Å². The van der Waals surface area contributed by atoms with Gasteiger partial charge in [0.1, 0.15) is 5.25 Å². The van der Waals surface area contributed by atoms with Crippen LogP contribution < -0.4 is 0 Å². The smallest absolute Gasteiger partial charge is 0.277 e. The molecule has 3 aromatic rings. The molecular weight excluding hydrogens is 364 g/mol. The van der Waals surface area contributed by atoms with Crippen LogP contribution in [0.25, 0.3) is 11.5 Å². The van der Waals surface area contributed by atoms with Gasteiger partial charge < -0.3 is 14.1 Å². The largest absolute Gasteiger partial charge is 0.411 e. The van der Waals surface area contributed by atoms with E-state index in [4.69, 9.17) is 9.15 Å². The first kappa shape index (κ1) is 17.7. The molecule has 1 saturated heterocycles. The summed E-state index contributed by atoms with van der Waals surface area (Å²) in [5.74, 6) is 0.409. The van der Waals surface area contributed by atoms with E-state index in [0.717, 1.165) is 11.1 Å². The van der Waals surface area contributed by atoms with Crippen LogP contribution >= 0.6 is 11.8 Å². The molecule has 4 rings (SSSR count). The molecule has 1 aliphatic rings. The average molecular weight is 382 g/mol. The van der Waals surface area contributed by atoms with Crippen LogP contribution in [0.1, 0.15) is 10.8 Å². The second-order valence-corrected chi connectivity index (χ2v) is 7.02. The van der Waals surface area contributed by atoms with Crippen molar-refractivity contribution in [3.05, 3.63) is 60.4 Å². The van der Waals surface area contributed by atoms with Gasteiger partial charge >= 0.3 is 0 Å². The van der Waals surface area contributed by atoms with Gasteiger partial charge in [0.2, 0.25) is 11.8 Å². The van der Waals surface area contributed by atoms with Gasteiger partial charge in [-0.05, 0) is 29.5 Å². The van der Waals surface area contributed by atoms with E-state index in [0.29, 0.717) is 37.4 Å². The fourth-order valence-corrected chi connectivity index (χ4v) is 3.76. The third-order valence-corrected chi connectivity index (χ3v) is 5.26. The lowest BCUT2D eigenvalue weighted by Crippen LogP contribution is -2.42. The number of hydrogen-bond acceptors (Lipinski definition) is 7. The summed E-state index contributed by atoms with van der Waals surface area (Å²) in [4.78, 5) is 19.0. The highest BCUT2D eigenvalue weighted by Gasteiger charge is 2.30. The van der Waals surface area contributed by atoms with Crippen molar-refractivity contribution in [3.63, 3.8) is 0 Å². The molecule has 0 bridgehead atoms. The molecule has 138 valence electrons. The molecule has 1 fully saturated rings. The zero-order valence-electron chi connectivity index (χ0n) is 14.5. The third kappa shape index (κ3) is 4.17. The van der Waals surface area contributed by atoms with Crippen LogP contribution in [0.15, 0.2) is 64.5 Å². The fraction of sp³-hybridized carbons (Fsp3) is 0.263. The molecule has 1 aliphatic heterocycles. The first-order valence-electron chi connectivity index (χ1n) is 8.63. The molecule has 3 heterocycles. The molecule has 27 heavy (non-hydrogen) atoms. The van der Waals surface area contributed by atoms with Crippen LogP contribution in [-0.4, -0.2) is 52.3 Å². The molecule has 7 nitrogen and oxygen atoms in total. The number of amides is 1. The Bertz CT molecular complexity index is 882. The Kier molecular flexibility index (Phi) is 5.45. The van der Waals surface area contributed by atoms with Gasteiger partial charge in [-0.25, -0.2) is 0 Å². The van der Waals surface area contributed by atoms with Gasteiger partial charge in [-0.1, -0.05) is 30.3 Å². The summed E-state index contributed by atoms with van der Waals surface area (Å²) in [6.07, 6.45) is 3.34. The Morgan fingerprint density at radius 2 is 1.89 bits per heavy atom. The van der Waals surface area contributed by atoms with E-state index in [-0.39, 0.29) is 5.91 Å². The summed E-state index contributed by atoms with van der Waals surface area (Å²) in [5.41, 5.74) is 1.65. The van der Waals surface area contributed by atoms with Crippen molar-refractivity contribution in [2.24, 2.45) is 0 Å². The minimum atomic E-state index is -0.452. The molecular formula is C19H18N4O3S. The topological polar surface area (TPSA) is 81.3 Å². The van der Waals surface area contributed by atoms with Gasteiger partial charge in [-0.15, -0.1) is 10.2 Å². The third-order valence-electron chi connectivity index (χ3n) is 4.18. The van der Waals surface area contributed by atoms with Gasteiger partial charge in [-0.3, -0.25) is 9.78 Å². The van der Waals surface area contributed by atoms with E-state index in [2.05, 4.69) is 15.2 Å². The van der Waals surface area contributed by atoms with E-state index < -0.39 is 5.25 Å². The molecule has 1 atom stereocenters. The van der Waals surface area contributed by atoms with Crippen molar-refractivity contribution in [2.75, 3.05) is 26.3 Å². The molecule has 1 amide bonds. The summed E-state index contributed by atoms with van der Waals surface area (Å²) in [6.45, 7) is 2.30. The average Bonchev–Trinajstić information content (AvgIpc) is 3.22. The Morgan fingerprint density at radius 3 is 2.63 bits per heavy atom. The number of rotatable bonds is 5. The van der Waals surface area contributed by atoms with Gasteiger partial charge in [0.05, 0.1) is 18.8 Å². The molecule has 1 aromatic carbocycles. The zero-order valence-corrected chi connectivity index (χ0v) is 15.3. The van der Waals surface area contributed by atoms with Gasteiger partial charge in [-0.2, -0.15) is 0 Å². The normalized spacial score (nSPS) is 15.5. The van der Waals surface area contributed by atoms with E-state index in [1.165, 1.54) is 11.8 Å². The SMILES string of the molecule is O=C([C@@H](Sc1nnc(-c2cccnc2)o1)c1ccccc1)N1CCOCC1. The molecule has 0 aliphatic carbocycles. The quantitative estimate of drug-likeness (QED) is 0.628. The van der Waals surface area contributed by atoms with Crippen LogP contribution in [0.5, 0.6) is 0 Å². The molecule has 0 unspecified atom stereocenters. The number of ether oxygens (including phenoxy) is 1. The van der Waals surface area contributed by atoms with E-state index >= 15 is 0 Å². The summed E-state index contributed by atoms with van der Waals surface area (Å²) in [7, 11) is 0. The van der Waals surface area contributed by atoms with Crippen molar-refractivity contribution in [1.29, 1.82) is 0 Å². The first-order chi connectivity index (χ1) is 13.3. The van der Waals surface area contributed by atoms with Crippen LogP contribution in [0.4, 0.5) is 0 Å². The lowest BCUT2D eigenvalue weighted by Gasteiger charge is -2.29. The second kappa shape index (κ2) is 8.32.